The topological polar surface area (TPSA) is 62.2 Å². The van der Waals surface area contributed by atoms with Crippen molar-refractivity contribution >= 4 is 5.91 Å². The maximum atomic E-state index is 12.1. The summed E-state index contributed by atoms with van der Waals surface area (Å²) in [6, 6.07) is 2.65. The minimum atomic E-state index is 0.0921. The summed E-state index contributed by atoms with van der Waals surface area (Å²) in [5.41, 5.74) is 0. The fourth-order valence-electron chi connectivity index (χ4n) is 2.85. The molecule has 6 heteroatoms. The van der Waals surface area contributed by atoms with E-state index < -0.39 is 0 Å². The Hall–Kier alpha value is -1.40. The van der Waals surface area contributed by atoms with E-state index in [9.17, 15) is 4.79 Å². The van der Waals surface area contributed by atoms with Crippen LogP contribution in [0.1, 0.15) is 39.7 Å². The zero-order valence-corrected chi connectivity index (χ0v) is 14.0. The normalized spacial score (nSPS) is 19.8. The highest BCUT2D eigenvalue weighted by molar-refractivity contribution is 5.78. The van der Waals surface area contributed by atoms with E-state index in [1.54, 1.807) is 6.20 Å². The van der Waals surface area contributed by atoms with Crippen molar-refractivity contribution in [1.82, 2.24) is 25.3 Å². The Labute approximate surface area is 133 Å². The van der Waals surface area contributed by atoms with Crippen molar-refractivity contribution in [1.29, 1.82) is 0 Å². The number of amides is 1. The molecule has 1 aromatic heterocycles. The van der Waals surface area contributed by atoms with Crippen molar-refractivity contribution in [3.63, 3.8) is 0 Å². The number of carbonyl (C=O) groups is 1. The van der Waals surface area contributed by atoms with Crippen LogP contribution < -0.4 is 10.6 Å². The van der Waals surface area contributed by atoms with E-state index in [1.165, 1.54) is 0 Å². The zero-order chi connectivity index (χ0) is 15.9. The van der Waals surface area contributed by atoms with Crippen molar-refractivity contribution in [2.75, 3.05) is 26.2 Å². The van der Waals surface area contributed by atoms with Gasteiger partial charge in [-0.1, -0.05) is 6.92 Å². The monoisotopic (exact) mass is 307 g/mol. The molecule has 0 radical (unpaired) electrons. The lowest BCUT2D eigenvalue weighted by atomic mass is 10.1. The Bertz CT molecular complexity index is 439. The number of piperidine rings is 1. The number of carbonyl (C=O) groups excluding carboxylic acids is 1. The second-order valence-corrected chi connectivity index (χ2v) is 6.17. The van der Waals surface area contributed by atoms with Crippen LogP contribution in [0.3, 0.4) is 0 Å². The molecule has 0 aromatic carbocycles. The first-order valence-electron chi connectivity index (χ1n) is 8.34. The molecular weight excluding hydrogens is 278 g/mol. The summed E-state index contributed by atoms with van der Waals surface area (Å²) < 4.78 is 1.91. The van der Waals surface area contributed by atoms with Gasteiger partial charge in [-0.05, 0) is 39.3 Å². The van der Waals surface area contributed by atoms with E-state index in [1.807, 2.05) is 16.9 Å². The Morgan fingerprint density at radius 1 is 1.36 bits per heavy atom. The lowest BCUT2D eigenvalue weighted by Crippen LogP contribution is -2.48. The first-order valence-corrected chi connectivity index (χ1v) is 8.34. The third-order valence-electron chi connectivity index (χ3n) is 4.65. The first kappa shape index (κ1) is 17.0. The van der Waals surface area contributed by atoms with Crippen molar-refractivity contribution in [2.24, 2.45) is 0 Å². The smallest absolute Gasteiger partial charge is 0.234 e. The molecule has 2 atom stereocenters. The van der Waals surface area contributed by atoms with E-state index in [2.05, 4.69) is 41.4 Å². The van der Waals surface area contributed by atoms with Gasteiger partial charge in [0.1, 0.15) is 0 Å². The fourth-order valence-corrected chi connectivity index (χ4v) is 2.85. The maximum Gasteiger partial charge on any atom is 0.234 e. The summed E-state index contributed by atoms with van der Waals surface area (Å²) in [7, 11) is 0. The number of nitrogens with one attached hydrogen (secondary N) is 2. The van der Waals surface area contributed by atoms with Gasteiger partial charge in [0.2, 0.25) is 5.91 Å². The Morgan fingerprint density at radius 3 is 2.68 bits per heavy atom. The summed E-state index contributed by atoms with van der Waals surface area (Å²) in [4.78, 5) is 14.5. The molecule has 0 saturated carbocycles. The highest BCUT2D eigenvalue weighted by atomic mass is 16.2. The predicted octanol–water partition coefficient (Wildman–Crippen LogP) is 1.02. The number of rotatable bonds is 7. The van der Waals surface area contributed by atoms with Crippen LogP contribution in [-0.2, 0) is 4.79 Å². The van der Waals surface area contributed by atoms with Gasteiger partial charge in [0.15, 0.2) is 0 Å². The summed E-state index contributed by atoms with van der Waals surface area (Å²) in [6.45, 7) is 10.0. The molecule has 124 valence electrons. The molecule has 2 heterocycles. The average molecular weight is 307 g/mol. The van der Waals surface area contributed by atoms with Gasteiger partial charge < -0.3 is 15.5 Å². The third-order valence-corrected chi connectivity index (χ3v) is 4.65. The molecule has 6 nitrogen and oxygen atoms in total. The van der Waals surface area contributed by atoms with Crippen LogP contribution >= 0.6 is 0 Å². The second kappa shape index (κ2) is 8.29. The summed E-state index contributed by atoms with van der Waals surface area (Å²) >= 11 is 0. The predicted molar refractivity (Wildman–Crippen MR) is 87.7 cm³/mol. The zero-order valence-electron chi connectivity index (χ0n) is 14.0. The van der Waals surface area contributed by atoms with Gasteiger partial charge in [-0.2, -0.15) is 5.10 Å². The van der Waals surface area contributed by atoms with Gasteiger partial charge in [0, 0.05) is 37.6 Å². The van der Waals surface area contributed by atoms with Crippen molar-refractivity contribution in [2.45, 2.75) is 51.7 Å². The molecule has 0 bridgehead atoms. The van der Waals surface area contributed by atoms with Gasteiger partial charge in [0.25, 0.3) is 0 Å². The first-order chi connectivity index (χ1) is 10.6. The summed E-state index contributed by atoms with van der Waals surface area (Å²) in [5, 5.41) is 10.7. The van der Waals surface area contributed by atoms with E-state index in [4.69, 9.17) is 0 Å². The van der Waals surface area contributed by atoms with Crippen molar-refractivity contribution < 1.29 is 4.79 Å². The van der Waals surface area contributed by atoms with Crippen LogP contribution in [0.5, 0.6) is 0 Å². The minimum absolute atomic E-state index is 0.0921. The van der Waals surface area contributed by atoms with Crippen LogP contribution in [-0.4, -0.2) is 58.9 Å². The molecule has 1 amide bonds. The van der Waals surface area contributed by atoms with Gasteiger partial charge in [-0.15, -0.1) is 0 Å². The quantitative estimate of drug-likeness (QED) is 0.789. The Kier molecular flexibility index (Phi) is 6.39. The van der Waals surface area contributed by atoms with Crippen LogP contribution in [0, 0.1) is 0 Å². The van der Waals surface area contributed by atoms with Crippen LogP contribution in [0.4, 0.5) is 0 Å². The molecule has 22 heavy (non-hydrogen) atoms. The highest BCUT2D eigenvalue weighted by Gasteiger charge is 2.20. The molecule has 1 aromatic rings. The molecule has 0 spiro atoms. The van der Waals surface area contributed by atoms with Crippen LogP contribution in [0.25, 0.3) is 0 Å². The number of likely N-dealkylation sites (tertiary alicyclic amines) is 1. The largest absolute Gasteiger partial charge is 0.352 e. The standard InChI is InChI=1S/C16H29N5O/c1-4-20-10-6-15(7-11-20)19-16(22)12-17-13(2)14(3)21-9-5-8-18-21/h5,8-9,13-15,17H,4,6-7,10-12H2,1-3H3,(H,19,22)/t13-,14+/m0/s1. The molecule has 1 aliphatic rings. The Balaban J connectivity index is 1.67. The average Bonchev–Trinajstić information content (AvgIpc) is 3.07. The van der Waals surface area contributed by atoms with Gasteiger partial charge >= 0.3 is 0 Å². The molecular formula is C16H29N5O. The summed E-state index contributed by atoms with van der Waals surface area (Å²) in [5.74, 6) is 0.0921. The molecule has 1 aliphatic heterocycles. The van der Waals surface area contributed by atoms with Gasteiger partial charge in [0.05, 0.1) is 12.6 Å². The molecule has 1 fully saturated rings. The van der Waals surface area contributed by atoms with E-state index in [-0.39, 0.29) is 18.0 Å². The number of hydrogen-bond donors (Lipinski definition) is 2. The van der Waals surface area contributed by atoms with Gasteiger partial charge in [-0.25, -0.2) is 0 Å². The lowest BCUT2D eigenvalue weighted by Gasteiger charge is -2.31. The third kappa shape index (κ3) is 4.81. The molecule has 0 unspecified atom stereocenters. The van der Waals surface area contributed by atoms with Gasteiger partial charge in [-0.3, -0.25) is 9.48 Å². The van der Waals surface area contributed by atoms with E-state index >= 15 is 0 Å². The van der Waals surface area contributed by atoms with Crippen molar-refractivity contribution in [3.8, 4) is 0 Å². The van der Waals surface area contributed by atoms with Crippen LogP contribution in [0.15, 0.2) is 18.5 Å². The minimum Gasteiger partial charge on any atom is -0.352 e. The molecule has 1 saturated heterocycles. The number of hydrogen-bond acceptors (Lipinski definition) is 4. The molecule has 2 N–H and O–H groups in total. The SMILES string of the molecule is CCN1CCC(NC(=O)CN[C@@H](C)[C@@H](C)n2cccn2)CC1. The number of aromatic nitrogens is 2. The van der Waals surface area contributed by atoms with Crippen molar-refractivity contribution in [3.05, 3.63) is 18.5 Å². The van der Waals surface area contributed by atoms with E-state index in [0.717, 1.165) is 32.5 Å². The fraction of sp³-hybridized carbons (Fsp3) is 0.750. The number of nitrogens with zero attached hydrogens (tertiary/aromatic N) is 3. The molecule has 2 rings (SSSR count). The maximum absolute atomic E-state index is 12.1. The Morgan fingerprint density at radius 2 is 2.09 bits per heavy atom. The van der Waals surface area contributed by atoms with E-state index in [0.29, 0.717) is 12.6 Å². The highest BCUT2D eigenvalue weighted by Crippen LogP contribution is 2.10. The second-order valence-electron chi connectivity index (χ2n) is 6.17. The molecule has 0 aliphatic carbocycles. The lowest BCUT2D eigenvalue weighted by molar-refractivity contribution is -0.121. The summed E-state index contributed by atoms with van der Waals surface area (Å²) in [6.07, 6.45) is 5.83. The van der Waals surface area contributed by atoms with Crippen LogP contribution in [0.2, 0.25) is 0 Å².